The smallest absolute Gasteiger partial charge is 0.333 e. The fourth-order valence-corrected chi connectivity index (χ4v) is 5.44. The van der Waals surface area contributed by atoms with E-state index in [1.54, 1.807) is 0 Å². The first-order valence-electron chi connectivity index (χ1n) is 14.1. The highest BCUT2D eigenvalue weighted by molar-refractivity contribution is 6.07. The summed E-state index contributed by atoms with van der Waals surface area (Å²) >= 11 is 0. The zero-order valence-electron chi connectivity index (χ0n) is 24.0. The predicted molar refractivity (Wildman–Crippen MR) is 165 cm³/mol. The Kier molecular flexibility index (Phi) is 7.64. The largest absolute Gasteiger partial charge is 0.434 e. The molecule has 6 rings (SSSR count). The minimum Gasteiger partial charge on any atom is -0.434 e. The van der Waals surface area contributed by atoms with E-state index in [1.165, 1.54) is 22.0 Å². The summed E-state index contributed by atoms with van der Waals surface area (Å²) in [5, 5.41) is 0. The normalized spacial score (nSPS) is 18.5. The molecule has 2 aliphatic rings. The molecule has 8 heteroatoms. The summed E-state index contributed by atoms with van der Waals surface area (Å²) in [6.45, 7) is 3.79. The lowest BCUT2D eigenvalue weighted by Gasteiger charge is -2.31. The zero-order chi connectivity index (χ0) is 30.8. The van der Waals surface area contributed by atoms with Crippen LogP contribution in [0.2, 0.25) is 0 Å². The van der Waals surface area contributed by atoms with Crippen molar-refractivity contribution < 1.29 is 28.7 Å². The molecule has 0 saturated carbocycles. The van der Waals surface area contributed by atoms with Crippen molar-refractivity contribution in [2.45, 2.75) is 26.3 Å². The number of hydrogen-bond donors (Lipinski definition) is 0. The number of aryl methyl sites for hydroxylation is 2. The highest BCUT2D eigenvalue weighted by atomic mass is 16.6. The maximum atomic E-state index is 13.2. The molecular weight excluding hydrogens is 556 g/mol. The number of anilines is 2. The Morgan fingerprint density at radius 1 is 0.500 bits per heavy atom. The van der Waals surface area contributed by atoms with Gasteiger partial charge in [0.25, 0.3) is 11.8 Å². The van der Waals surface area contributed by atoms with Crippen LogP contribution in [0.1, 0.15) is 34.7 Å². The molecule has 218 valence electrons. The number of esters is 2. The summed E-state index contributed by atoms with van der Waals surface area (Å²) in [5.74, 6) is -1.93. The van der Waals surface area contributed by atoms with Gasteiger partial charge in [0.05, 0.1) is 11.4 Å². The topological polar surface area (TPSA) is 93.2 Å². The van der Waals surface area contributed by atoms with Gasteiger partial charge < -0.3 is 9.47 Å². The molecule has 0 bridgehead atoms. The monoisotopic (exact) mass is 584 g/mol. The number of carbonyl (C=O) groups excluding carboxylic acids is 4. The second-order valence-electron chi connectivity index (χ2n) is 10.5. The Bertz CT molecular complexity index is 1700. The van der Waals surface area contributed by atoms with E-state index in [9.17, 15) is 19.2 Å². The predicted octanol–water partition coefficient (Wildman–Crippen LogP) is 6.26. The molecule has 2 atom stereocenters. The first kappa shape index (κ1) is 28.4. The van der Waals surface area contributed by atoms with E-state index < -0.39 is 24.4 Å². The van der Waals surface area contributed by atoms with Crippen molar-refractivity contribution in [1.82, 2.24) is 0 Å². The Morgan fingerprint density at radius 2 is 0.886 bits per heavy atom. The van der Waals surface area contributed by atoms with Gasteiger partial charge in [-0.1, -0.05) is 72.8 Å². The van der Waals surface area contributed by atoms with E-state index in [0.717, 1.165) is 34.4 Å². The second kappa shape index (κ2) is 11.9. The third-order valence-electron chi connectivity index (χ3n) is 7.54. The van der Waals surface area contributed by atoms with Gasteiger partial charge in [0.2, 0.25) is 12.5 Å². The average molecular weight is 585 g/mol. The van der Waals surface area contributed by atoms with E-state index in [-0.39, 0.29) is 11.8 Å². The molecule has 4 aromatic rings. The van der Waals surface area contributed by atoms with Gasteiger partial charge >= 0.3 is 11.9 Å². The number of carbonyl (C=O) groups is 4. The van der Waals surface area contributed by atoms with Crippen molar-refractivity contribution in [2.75, 3.05) is 9.80 Å². The van der Waals surface area contributed by atoms with Crippen LogP contribution >= 0.6 is 0 Å². The van der Waals surface area contributed by atoms with E-state index in [2.05, 4.69) is 0 Å². The van der Waals surface area contributed by atoms with E-state index in [4.69, 9.17) is 9.47 Å². The molecule has 0 radical (unpaired) electrons. The number of amides is 2. The fourth-order valence-electron chi connectivity index (χ4n) is 5.44. The van der Waals surface area contributed by atoms with Gasteiger partial charge in [0.1, 0.15) is 0 Å². The maximum Gasteiger partial charge on any atom is 0.333 e. The molecule has 0 spiro atoms. The van der Waals surface area contributed by atoms with Crippen molar-refractivity contribution in [1.29, 1.82) is 0 Å². The molecule has 0 N–H and O–H groups in total. The van der Waals surface area contributed by atoms with E-state index >= 15 is 0 Å². The zero-order valence-corrected chi connectivity index (χ0v) is 24.0. The lowest BCUT2D eigenvalue weighted by Crippen LogP contribution is -2.35. The molecule has 0 fully saturated rings. The van der Waals surface area contributed by atoms with Crippen LogP contribution in [0.3, 0.4) is 0 Å². The third-order valence-corrected chi connectivity index (χ3v) is 7.54. The molecular formula is C36H28N2O6. The van der Waals surface area contributed by atoms with Gasteiger partial charge in [-0.05, 0) is 60.4 Å². The number of nitrogens with zero attached hydrogens (tertiary/aromatic N) is 2. The number of hydrogen-bond acceptors (Lipinski definition) is 6. The van der Waals surface area contributed by atoms with Gasteiger partial charge in [0.15, 0.2) is 0 Å². The van der Waals surface area contributed by atoms with Crippen molar-refractivity contribution in [3.05, 3.63) is 144 Å². The summed E-state index contributed by atoms with van der Waals surface area (Å²) in [7, 11) is 0. The minimum atomic E-state index is -0.927. The lowest BCUT2D eigenvalue weighted by molar-refractivity contribution is -0.144. The van der Waals surface area contributed by atoms with Crippen molar-refractivity contribution in [2.24, 2.45) is 0 Å². The molecule has 2 unspecified atom stereocenters. The number of ether oxygens (including phenoxy) is 2. The average Bonchev–Trinajstić information content (AvgIpc) is 3.28. The Morgan fingerprint density at radius 3 is 1.25 bits per heavy atom. The van der Waals surface area contributed by atoms with Crippen LogP contribution in [-0.4, -0.2) is 23.8 Å². The Labute approximate surface area is 254 Å². The van der Waals surface area contributed by atoms with Crippen molar-refractivity contribution in [3.63, 3.8) is 0 Å². The first-order chi connectivity index (χ1) is 21.3. The lowest BCUT2D eigenvalue weighted by atomic mass is 9.98. The number of benzene rings is 4. The van der Waals surface area contributed by atoms with E-state index in [1.807, 2.05) is 111 Å². The van der Waals surface area contributed by atoms with E-state index in [0.29, 0.717) is 22.5 Å². The standard InChI is InChI=1S/C36H28N2O6/c1-23-21-27(13-15-29(23)37-31(39)17-19-33(41)43-35(37)25-9-5-3-6-10-25)28-14-16-30(24(2)22-28)38-32(40)18-20-34(42)44-36(38)26-11-7-4-8-12-26/h3-22,35-36H,1-2H3. The summed E-state index contributed by atoms with van der Waals surface area (Å²) in [5.41, 5.74) is 5.93. The number of rotatable bonds is 5. The van der Waals surface area contributed by atoms with Crippen LogP contribution in [0.15, 0.2) is 121 Å². The van der Waals surface area contributed by atoms with Crippen LogP contribution in [0.4, 0.5) is 11.4 Å². The maximum absolute atomic E-state index is 13.2. The first-order valence-corrected chi connectivity index (χ1v) is 14.1. The summed E-state index contributed by atoms with van der Waals surface area (Å²) in [6, 6.07) is 29.7. The quantitative estimate of drug-likeness (QED) is 0.257. The van der Waals surface area contributed by atoms with Crippen molar-refractivity contribution in [3.8, 4) is 11.1 Å². The summed E-state index contributed by atoms with van der Waals surface area (Å²) in [4.78, 5) is 54.0. The molecule has 2 aliphatic heterocycles. The second-order valence-corrected chi connectivity index (χ2v) is 10.5. The van der Waals surface area contributed by atoms with Crippen LogP contribution < -0.4 is 9.80 Å². The van der Waals surface area contributed by atoms with Crippen LogP contribution in [0, 0.1) is 13.8 Å². The molecule has 0 aromatic heterocycles. The molecule has 2 amide bonds. The van der Waals surface area contributed by atoms with Gasteiger partial charge in [0, 0.05) is 35.4 Å². The number of cyclic esters (lactones) is 2. The summed E-state index contributed by atoms with van der Waals surface area (Å²) in [6.07, 6.45) is 2.87. The van der Waals surface area contributed by atoms with Crippen LogP contribution in [0.25, 0.3) is 11.1 Å². The highest BCUT2D eigenvalue weighted by Gasteiger charge is 2.33. The Hall–Kier alpha value is -5.76. The molecule has 44 heavy (non-hydrogen) atoms. The minimum absolute atomic E-state index is 0.370. The van der Waals surface area contributed by atoms with Gasteiger partial charge in [-0.15, -0.1) is 0 Å². The molecule has 4 aromatic carbocycles. The van der Waals surface area contributed by atoms with Gasteiger partial charge in [-0.3, -0.25) is 19.4 Å². The highest BCUT2D eigenvalue weighted by Crippen LogP contribution is 2.37. The molecule has 0 saturated heterocycles. The van der Waals surface area contributed by atoms with Crippen LogP contribution in [-0.2, 0) is 28.7 Å². The Balaban J connectivity index is 1.35. The summed E-state index contributed by atoms with van der Waals surface area (Å²) < 4.78 is 11.3. The molecule has 2 heterocycles. The SMILES string of the molecule is Cc1cc(-c2ccc(N3C(=O)C=CC(=O)OC3c3ccccc3)c(C)c2)ccc1N1C(=O)C=CC(=O)OC1c1ccccc1. The fraction of sp³-hybridized carbons (Fsp3) is 0.111. The van der Waals surface area contributed by atoms with Gasteiger partial charge in [-0.2, -0.15) is 0 Å². The third kappa shape index (κ3) is 5.53. The van der Waals surface area contributed by atoms with Crippen molar-refractivity contribution >= 4 is 35.1 Å². The van der Waals surface area contributed by atoms with Crippen LogP contribution in [0.5, 0.6) is 0 Å². The molecule has 0 aliphatic carbocycles. The van der Waals surface area contributed by atoms with Gasteiger partial charge in [-0.25, -0.2) is 9.59 Å². The molecule has 8 nitrogen and oxygen atoms in total.